The van der Waals surface area contributed by atoms with E-state index in [9.17, 15) is 9.59 Å². The maximum atomic E-state index is 11.4. The molecule has 4 nitrogen and oxygen atoms in total. The lowest BCUT2D eigenvalue weighted by molar-refractivity contribution is -0.130. The Morgan fingerprint density at radius 2 is 2.00 bits per heavy atom. The number of rotatable bonds is 5. The van der Waals surface area contributed by atoms with Gasteiger partial charge in [-0.15, -0.1) is 0 Å². The average Bonchev–Trinajstić information content (AvgIpc) is 2.30. The van der Waals surface area contributed by atoms with Crippen molar-refractivity contribution in [2.75, 3.05) is 6.61 Å². The SMILES string of the molecule is C/C(=C\OCC=O)C(=O)Oc1ccccc1. The zero-order valence-corrected chi connectivity index (χ0v) is 8.88. The lowest BCUT2D eigenvalue weighted by Gasteiger charge is -2.03. The molecule has 0 radical (unpaired) electrons. The van der Waals surface area contributed by atoms with Crippen molar-refractivity contribution in [1.29, 1.82) is 0 Å². The van der Waals surface area contributed by atoms with Crippen LogP contribution in [0.2, 0.25) is 0 Å². The lowest BCUT2D eigenvalue weighted by Crippen LogP contribution is -2.09. The van der Waals surface area contributed by atoms with Crippen LogP contribution in [0.4, 0.5) is 0 Å². The summed E-state index contributed by atoms with van der Waals surface area (Å²) in [6, 6.07) is 8.72. The van der Waals surface area contributed by atoms with E-state index in [4.69, 9.17) is 9.47 Å². The summed E-state index contributed by atoms with van der Waals surface area (Å²) < 4.78 is 9.80. The van der Waals surface area contributed by atoms with Crippen molar-refractivity contribution in [2.45, 2.75) is 6.92 Å². The average molecular weight is 220 g/mol. The zero-order chi connectivity index (χ0) is 11.8. The van der Waals surface area contributed by atoms with E-state index in [0.29, 0.717) is 17.6 Å². The van der Waals surface area contributed by atoms with Crippen LogP contribution in [0.3, 0.4) is 0 Å². The molecule has 0 aromatic heterocycles. The van der Waals surface area contributed by atoms with Gasteiger partial charge in [-0.1, -0.05) is 18.2 Å². The number of carbonyl (C=O) groups is 2. The molecular weight excluding hydrogens is 208 g/mol. The third kappa shape index (κ3) is 3.96. The van der Waals surface area contributed by atoms with Gasteiger partial charge in [0, 0.05) is 0 Å². The van der Waals surface area contributed by atoms with Crippen LogP contribution in [0.15, 0.2) is 42.2 Å². The molecule has 0 atom stereocenters. The summed E-state index contributed by atoms with van der Waals surface area (Å²) in [5, 5.41) is 0. The maximum absolute atomic E-state index is 11.4. The molecule has 0 heterocycles. The summed E-state index contributed by atoms with van der Waals surface area (Å²) in [4.78, 5) is 21.4. The highest BCUT2D eigenvalue weighted by molar-refractivity contribution is 5.89. The molecule has 1 aromatic rings. The normalized spacial score (nSPS) is 10.7. The van der Waals surface area contributed by atoms with Crippen molar-refractivity contribution in [3.63, 3.8) is 0 Å². The Balaban J connectivity index is 2.52. The van der Waals surface area contributed by atoms with E-state index in [0.717, 1.165) is 0 Å². The molecule has 0 N–H and O–H groups in total. The van der Waals surface area contributed by atoms with Crippen molar-refractivity contribution in [2.24, 2.45) is 0 Å². The van der Waals surface area contributed by atoms with Gasteiger partial charge in [-0.25, -0.2) is 4.79 Å². The third-order valence-electron chi connectivity index (χ3n) is 1.70. The van der Waals surface area contributed by atoms with Gasteiger partial charge < -0.3 is 9.47 Å². The van der Waals surface area contributed by atoms with Crippen LogP contribution in [0.5, 0.6) is 5.75 Å². The molecule has 84 valence electrons. The van der Waals surface area contributed by atoms with Gasteiger partial charge in [0.05, 0.1) is 11.8 Å². The minimum atomic E-state index is -0.503. The standard InChI is InChI=1S/C12H12O4/c1-10(9-15-8-7-13)12(14)16-11-5-3-2-4-6-11/h2-7,9H,8H2,1H3/b10-9+. The number of carbonyl (C=O) groups excluding carboxylic acids is 2. The van der Waals surface area contributed by atoms with Gasteiger partial charge in [0.25, 0.3) is 0 Å². The first-order valence-electron chi connectivity index (χ1n) is 4.73. The molecular formula is C12H12O4. The summed E-state index contributed by atoms with van der Waals surface area (Å²) in [6.07, 6.45) is 1.81. The van der Waals surface area contributed by atoms with Crippen molar-refractivity contribution in [1.82, 2.24) is 0 Å². The molecule has 0 amide bonds. The van der Waals surface area contributed by atoms with Crippen molar-refractivity contribution >= 4 is 12.3 Å². The number of benzene rings is 1. The quantitative estimate of drug-likeness (QED) is 0.189. The van der Waals surface area contributed by atoms with E-state index in [2.05, 4.69) is 0 Å². The smallest absolute Gasteiger partial charge is 0.342 e. The fraction of sp³-hybridized carbons (Fsp3) is 0.167. The van der Waals surface area contributed by atoms with E-state index in [-0.39, 0.29) is 6.61 Å². The number of hydrogen-bond donors (Lipinski definition) is 0. The molecule has 0 unspecified atom stereocenters. The predicted octanol–water partition coefficient (Wildman–Crippen LogP) is 1.71. The van der Waals surface area contributed by atoms with E-state index in [1.54, 1.807) is 31.2 Å². The monoisotopic (exact) mass is 220 g/mol. The van der Waals surface area contributed by atoms with Gasteiger partial charge in [0.15, 0.2) is 6.29 Å². The number of hydrogen-bond acceptors (Lipinski definition) is 4. The number of ether oxygens (including phenoxy) is 2. The first-order valence-corrected chi connectivity index (χ1v) is 4.73. The van der Waals surface area contributed by atoms with E-state index in [1.807, 2.05) is 6.07 Å². The van der Waals surface area contributed by atoms with Crippen molar-refractivity contribution < 1.29 is 19.1 Å². The first kappa shape index (κ1) is 12.0. The molecule has 1 aromatic carbocycles. The van der Waals surface area contributed by atoms with Gasteiger partial charge in [-0.05, 0) is 19.1 Å². The van der Waals surface area contributed by atoms with Gasteiger partial charge in [0.2, 0.25) is 0 Å². The largest absolute Gasteiger partial charge is 0.493 e. The molecule has 0 fully saturated rings. The topological polar surface area (TPSA) is 52.6 Å². The molecule has 4 heteroatoms. The van der Waals surface area contributed by atoms with Gasteiger partial charge in [0.1, 0.15) is 12.4 Å². The Kier molecular flexibility index (Phi) is 4.79. The Morgan fingerprint density at radius 3 is 2.62 bits per heavy atom. The Labute approximate surface area is 93.5 Å². The second-order valence-corrected chi connectivity index (χ2v) is 3.00. The van der Waals surface area contributed by atoms with Crippen LogP contribution < -0.4 is 4.74 Å². The Hall–Kier alpha value is -2.10. The van der Waals surface area contributed by atoms with Gasteiger partial charge >= 0.3 is 5.97 Å². The summed E-state index contributed by atoms with van der Waals surface area (Å²) in [7, 11) is 0. The first-order chi connectivity index (χ1) is 7.74. The van der Waals surface area contributed by atoms with E-state index < -0.39 is 5.97 Å². The highest BCUT2D eigenvalue weighted by Crippen LogP contribution is 2.10. The summed E-state index contributed by atoms with van der Waals surface area (Å²) in [5.74, 6) is -0.0345. The fourth-order valence-electron chi connectivity index (χ4n) is 0.937. The zero-order valence-electron chi connectivity index (χ0n) is 8.88. The van der Waals surface area contributed by atoms with Crippen LogP contribution in [-0.4, -0.2) is 18.9 Å². The van der Waals surface area contributed by atoms with E-state index in [1.165, 1.54) is 6.26 Å². The summed E-state index contributed by atoms with van der Waals surface area (Å²) >= 11 is 0. The minimum Gasteiger partial charge on any atom is -0.493 e. The Bertz CT molecular complexity index is 381. The van der Waals surface area contributed by atoms with Crippen LogP contribution in [0.25, 0.3) is 0 Å². The second kappa shape index (κ2) is 6.40. The summed E-state index contributed by atoms with van der Waals surface area (Å²) in [6.45, 7) is 1.48. The molecule has 0 bridgehead atoms. The van der Waals surface area contributed by atoms with Crippen LogP contribution >= 0.6 is 0 Å². The number of esters is 1. The van der Waals surface area contributed by atoms with Gasteiger partial charge in [-0.3, -0.25) is 4.79 Å². The van der Waals surface area contributed by atoms with Crippen LogP contribution in [-0.2, 0) is 14.3 Å². The second-order valence-electron chi connectivity index (χ2n) is 3.00. The lowest BCUT2D eigenvalue weighted by atomic mass is 10.3. The Morgan fingerprint density at radius 1 is 1.31 bits per heavy atom. The molecule has 0 saturated carbocycles. The molecule has 0 aliphatic carbocycles. The molecule has 0 saturated heterocycles. The molecule has 1 rings (SSSR count). The maximum Gasteiger partial charge on any atom is 0.342 e. The highest BCUT2D eigenvalue weighted by atomic mass is 16.5. The predicted molar refractivity (Wildman–Crippen MR) is 57.9 cm³/mol. The fourth-order valence-corrected chi connectivity index (χ4v) is 0.937. The third-order valence-corrected chi connectivity index (χ3v) is 1.70. The highest BCUT2D eigenvalue weighted by Gasteiger charge is 2.07. The minimum absolute atomic E-state index is 0.0735. The van der Waals surface area contributed by atoms with E-state index >= 15 is 0 Å². The molecule has 0 aliphatic rings. The number of aldehydes is 1. The van der Waals surface area contributed by atoms with Crippen molar-refractivity contribution in [3.05, 3.63) is 42.2 Å². The van der Waals surface area contributed by atoms with Gasteiger partial charge in [-0.2, -0.15) is 0 Å². The number of para-hydroxylation sites is 1. The molecule has 0 spiro atoms. The van der Waals surface area contributed by atoms with Crippen molar-refractivity contribution in [3.8, 4) is 5.75 Å². The molecule has 0 aliphatic heterocycles. The van der Waals surface area contributed by atoms with Crippen LogP contribution in [0.1, 0.15) is 6.92 Å². The molecule has 16 heavy (non-hydrogen) atoms. The summed E-state index contributed by atoms with van der Waals surface area (Å²) in [5.41, 5.74) is 0.297. The van der Waals surface area contributed by atoms with Crippen LogP contribution in [0, 0.1) is 0 Å².